The summed E-state index contributed by atoms with van der Waals surface area (Å²) in [6.45, 7) is 0.403. The number of hydrogen-bond donors (Lipinski definition) is 2. The van der Waals surface area contributed by atoms with Crippen LogP contribution in [0, 0.1) is 0 Å². The molecular weight excluding hydrogens is 505 g/mol. The van der Waals surface area contributed by atoms with E-state index >= 15 is 0 Å². The number of thioether (sulfide) groups is 4. The van der Waals surface area contributed by atoms with Gasteiger partial charge in [0.05, 0.1) is 12.2 Å². The number of ether oxygens (including phenoxy) is 2. The topological polar surface area (TPSA) is 58.9 Å². The van der Waals surface area contributed by atoms with Gasteiger partial charge in [0.1, 0.15) is 24.7 Å². The maximum absolute atomic E-state index is 10.3. The second-order valence-corrected chi connectivity index (χ2v) is 11.3. The van der Waals surface area contributed by atoms with E-state index in [9.17, 15) is 10.2 Å². The maximum atomic E-state index is 10.3. The van der Waals surface area contributed by atoms with Crippen LogP contribution in [0.4, 0.5) is 0 Å². The number of rotatable bonds is 14. The average molecular weight is 535 g/mol. The fourth-order valence-electron chi connectivity index (χ4n) is 2.90. The molecule has 0 fully saturated rings. The Morgan fingerprint density at radius 2 is 1.03 bits per heavy atom. The molecule has 3 rings (SSSR count). The Morgan fingerprint density at radius 3 is 1.47 bits per heavy atom. The molecule has 0 aliphatic rings. The Kier molecular flexibility index (Phi) is 11.9. The smallest absolute Gasteiger partial charge is 0.123 e. The monoisotopic (exact) mass is 534 g/mol. The summed E-state index contributed by atoms with van der Waals surface area (Å²) in [5, 5.41) is 20.6. The molecule has 0 spiro atoms. The van der Waals surface area contributed by atoms with Gasteiger partial charge in [-0.3, -0.25) is 0 Å². The van der Waals surface area contributed by atoms with Gasteiger partial charge < -0.3 is 19.7 Å². The molecule has 4 nitrogen and oxygen atoms in total. The van der Waals surface area contributed by atoms with Crippen molar-refractivity contribution in [2.45, 2.75) is 31.8 Å². The predicted molar refractivity (Wildman–Crippen MR) is 147 cm³/mol. The molecule has 2 atom stereocenters. The molecule has 2 unspecified atom stereocenters. The van der Waals surface area contributed by atoms with Crippen molar-refractivity contribution in [1.29, 1.82) is 0 Å². The van der Waals surface area contributed by atoms with Gasteiger partial charge in [-0.05, 0) is 61.0 Å². The van der Waals surface area contributed by atoms with Crippen LogP contribution >= 0.6 is 47.0 Å². The second-order valence-electron chi connectivity index (χ2n) is 7.38. The molecule has 0 aliphatic heterocycles. The lowest BCUT2D eigenvalue weighted by molar-refractivity contribution is 0.122. The number of aliphatic hydroxyl groups is 2. The number of hydrogen-bond acceptors (Lipinski definition) is 8. The van der Waals surface area contributed by atoms with E-state index in [-0.39, 0.29) is 13.2 Å². The van der Waals surface area contributed by atoms with Crippen LogP contribution in [-0.2, 0) is 0 Å². The van der Waals surface area contributed by atoms with E-state index in [1.165, 1.54) is 9.79 Å². The van der Waals surface area contributed by atoms with Crippen LogP contribution in [0.1, 0.15) is 0 Å². The van der Waals surface area contributed by atoms with Crippen LogP contribution in [0.5, 0.6) is 11.5 Å². The molecule has 3 aromatic carbocycles. The van der Waals surface area contributed by atoms with Crippen molar-refractivity contribution in [3.63, 3.8) is 0 Å². The molecule has 2 N–H and O–H groups in total. The second kappa shape index (κ2) is 14.9. The Bertz CT molecular complexity index is 941. The highest BCUT2D eigenvalue weighted by atomic mass is 32.2. The van der Waals surface area contributed by atoms with Crippen molar-refractivity contribution >= 4 is 47.0 Å². The average Bonchev–Trinajstić information content (AvgIpc) is 2.88. The molecule has 0 bridgehead atoms. The first kappa shape index (κ1) is 27.2. The third-order valence-corrected chi connectivity index (χ3v) is 8.39. The summed E-state index contributed by atoms with van der Waals surface area (Å²) in [5.74, 6) is 2.36. The molecule has 0 saturated heterocycles. The Labute approximate surface area is 219 Å². The quantitative estimate of drug-likeness (QED) is 0.237. The van der Waals surface area contributed by atoms with Crippen molar-refractivity contribution in [3.8, 4) is 11.5 Å². The third-order valence-electron chi connectivity index (χ3n) is 4.66. The zero-order chi connectivity index (χ0) is 24.2. The van der Waals surface area contributed by atoms with E-state index in [4.69, 9.17) is 9.47 Å². The molecule has 34 heavy (non-hydrogen) atoms. The van der Waals surface area contributed by atoms with Gasteiger partial charge in [-0.1, -0.05) is 18.2 Å². The van der Waals surface area contributed by atoms with Gasteiger partial charge in [0.25, 0.3) is 0 Å². The maximum Gasteiger partial charge on any atom is 0.123 e. The lowest BCUT2D eigenvalue weighted by atomic mass is 10.3. The van der Waals surface area contributed by atoms with Gasteiger partial charge >= 0.3 is 0 Å². The molecule has 0 aliphatic carbocycles. The summed E-state index contributed by atoms with van der Waals surface area (Å²) < 4.78 is 11.5. The SMILES string of the molecule is CSc1cccc(SCC(O)COc2cccc(OCC(O)CSc3cccc(SC)c3)c2)c1. The van der Waals surface area contributed by atoms with Crippen molar-refractivity contribution in [3.05, 3.63) is 72.8 Å². The molecular formula is C26H30O4S4. The zero-order valence-electron chi connectivity index (χ0n) is 19.3. The molecule has 0 amide bonds. The first-order valence-corrected chi connectivity index (χ1v) is 15.2. The highest BCUT2D eigenvalue weighted by Gasteiger charge is 2.10. The minimum absolute atomic E-state index is 0.201. The highest BCUT2D eigenvalue weighted by Crippen LogP contribution is 2.26. The zero-order valence-corrected chi connectivity index (χ0v) is 22.5. The van der Waals surface area contributed by atoms with Crippen molar-refractivity contribution in [2.75, 3.05) is 37.2 Å². The summed E-state index contributed by atoms with van der Waals surface area (Å²) >= 11 is 6.64. The third kappa shape index (κ3) is 9.68. The predicted octanol–water partition coefficient (Wildman–Crippen LogP) is 6.19. The van der Waals surface area contributed by atoms with Crippen LogP contribution in [-0.4, -0.2) is 59.7 Å². The number of benzene rings is 3. The van der Waals surface area contributed by atoms with Crippen LogP contribution in [0.25, 0.3) is 0 Å². The Morgan fingerprint density at radius 1 is 0.618 bits per heavy atom. The number of aliphatic hydroxyl groups excluding tert-OH is 2. The van der Waals surface area contributed by atoms with Crippen molar-refractivity contribution in [1.82, 2.24) is 0 Å². The van der Waals surface area contributed by atoms with E-state index in [1.807, 2.05) is 42.5 Å². The molecule has 3 aromatic rings. The van der Waals surface area contributed by atoms with E-state index in [0.717, 1.165) is 9.79 Å². The minimum Gasteiger partial charge on any atom is -0.491 e. The standard InChI is InChI=1S/C26H30O4S4/c1-31-23-8-4-10-25(13-23)33-17-19(27)15-29-21-6-3-7-22(12-21)30-16-20(28)18-34-26-11-5-9-24(14-26)32-2/h3-14,19-20,27-28H,15-18H2,1-2H3. The van der Waals surface area contributed by atoms with Gasteiger partial charge in [-0.15, -0.1) is 47.0 Å². The van der Waals surface area contributed by atoms with E-state index < -0.39 is 12.2 Å². The van der Waals surface area contributed by atoms with Gasteiger partial charge in [-0.2, -0.15) is 0 Å². The normalized spacial score (nSPS) is 12.8. The fraction of sp³-hybridized carbons (Fsp3) is 0.308. The molecule has 0 heterocycles. The summed E-state index contributed by atoms with van der Waals surface area (Å²) in [6.07, 6.45) is 2.93. The Balaban J connectivity index is 1.38. The molecule has 0 radical (unpaired) electrons. The van der Waals surface area contributed by atoms with E-state index in [2.05, 4.69) is 36.8 Å². The first-order chi connectivity index (χ1) is 16.6. The summed E-state index contributed by atoms with van der Waals surface area (Å²) in [6, 6.07) is 23.8. The fourth-order valence-corrected chi connectivity index (χ4v) is 5.70. The highest BCUT2D eigenvalue weighted by molar-refractivity contribution is 8.00. The molecule has 8 heteroatoms. The summed E-state index contributed by atoms with van der Waals surface area (Å²) in [5.41, 5.74) is 0. The van der Waals surface area contributed by atoms with Crippen LogP contribution in [0.3, 0.4) is 0 Å². The molecule has 0 saturated carbocycles. The first-order valence-electron chi connectivity index (χ1n) is 10.8. The largest absolute Gasteiger partial charge is 0.491 e. The van der Waals surface area contributed by atoms with Crippen LogP contribution < -0.4 is 9.47 Å². The van der Waals surface area contributed by atoms with Gasteiger partial charge in [0.15, 0.2) is 0 Å². The van der Waals surface area contributed by atoms with Gasteiger partial charge in [-0.25, -0.2) is 0 Å². The molecule has 0 aromatic heterocycles. The van der Waals surface area contributed by atoms with E-state index in [0.29, 0.717) is 23.0 Å². The molecule has 182 valence electrons. The van der Waals surface area contributed by atoms with Crippen LogP contribution in [0.2, 0.25) is 0 Å². The minimum atomic E-state index is -0.587. The van der Waals surface area contributed by atoms with Gasteiger partial charge in [0.2, 0.25) is 0 Å². The summed E-state index contributed by atoms with van der Waals surface area (Å²) in [7, 11) is 0. The van der Waals surface area contributed by atoms with E-state index in [1.54, 1.807) is 53.1 Å². The lowest BCUT2D eigenvalue weighted by Gasteiger charge is -2.15. The van der Waals surface area contributed by atoms with Crippen molar-refractivity contribution < 1.29 is 19.7 Å². The van der Waals surface area contributed by atoms with Gasteiger partial charge in [0, 0.05) is 37.2 Å². The van der Waals surface area contributed by atoms with Crippen molar-refractivity contribution in [2.24, 2.45) is 0 Å². The Hall–Kier alpha value is -1.42. The van der Waals surface area contributed by atoms with Crippen LogP contribution in [0.15, 0.2) is 92.4 Å². The lowest BCUT2D eigenvalue weighted by Crippen LogP contribution is -2.20. The summed E-state index contributed by atoms with van der Waals surface area (Å²) in [4.78, 5) is 4.69.